The minimum Gasteiger partial charge on any atom is -0.480 e. The van der Waals surface area contributed by atoms with Crippen molar-refractivity contribution >= 4 is 11.9 Å². The Morgan fingerprint density at radius 2 is 1.44 bits per heavy atom. The van der Waals surface area contributed by atoms with Crippen LogP contribution in [0.15, 0.2) is 12.2 Å². The average molecular weight is 222 g/mol. The van der Waals surface area contributed by atoms with E-state index in [1.54, 1.807) is 0 Å². The molecule has 0 aromatic rings. The number of hydrogen-bond donors (Lipinski definition) is 2. The zero-order valence-electron chi connectivity index (χ0n) is 8.80. The fourth-order valence-electron chi connectivity index (χ4n) is 3.96. The van der Waals surface area contributed by atoms with Crippen molar-refractivity contribution in [3.63, 3.8) is 0 Å². The highest BCUT2D eigenvalue weighted by molar-refractivity contribution is 5.98. The standard InChI is InChI=1S/C12H14O4/c13-10(14)12(11(15)16)4-8-6-1-2-7(3-6)9(8)5-12/h1-2,6-9H,3-5H2,(H,13,14)(H,15,16)/t6-,7-,8-,9-/m1/s1. The minimum absolute atomic E-state index is 0.280. The summed E-state index contributed by atoms with van der Waals surface area (Å²) < 4.78 is 0. The summed E-state index contributed by atoms with van der Waals surface area (Å²) in [6, 6.07) is 0. The van der Waals surface area contributed by atoms with Crippen LogP contribution in [0.2, 0.25) is 0 Å². The molecule has 0 amide bonds. The number of carboxylic acid groups (broad SMARTS) is 2. The first kappa shape index (κ1) is 9.87. The lowest BCUT2D eigenvalue weighted by Gasteiger charge is -2.20. The van der Waals surface area contributed by atoms with Crippen molar-refractivity contribution in [1.82, 2.24) is 0 Å². The van der Waals surface area contributed by atoms with Gasteiger partial charge < -0.3 is 10.2 Å². The molecule has 4 atom stereocenters. The van der Waals surface area contributed by atoms with Gasteiger partial charge in [0.15, 0.2) is 5.41 Å². The van der Waals surface area contributed by atoms with Gasteiger partial charge in [-0.05, 0) is 42.9 Å². The highest BCUT2D eigenvalue weighted by Crippen LogP contribution is 2.60. The van der Waals surface area contributed by atoms with E-state index in [1.165, 1.54) is 0 Å². The maximum Gasteiger partial charge on any atom is 0.321 e. The molecule has 4 heteroatoms. The molecule has 0 aliphatic heterocycles. The third-order valence-corrected chi connectivity index (χ3v) is 4.79. The third kappa shape index (κ3) is 0.996. The molecule has 3 rings (SSSR count). The van der Waals surface area contributed by atoms with Crippen LogP contribution < -0.4 is 0 Å². The summed E-state index contributed by atoms with van der Waals surface area (Å²) in [5.41, 5.74) is -1.52. The summed E-state index contributed by atoms with van der Waals surface area (Å²) in [7, 11) is 0. The monoisotopic (exact) mass is 222 g/mol. The van der Waals surface area contributed by atoms with Gasteiger partial charge >= 0.3 is 11.9 Å². The van der Waals surface area contributed by atoms with Gasteiger partial charge in [-0.3, -0.25) is 9.59 Å². The Labute approximate surface area is 93.0 Å². The van der Waals surface area contributed by atoms with E-state index in [2.05, 4.69) is 12.2 Å². The fourth-order valence-corrected chi connectivity index (χ4v) is 3.96. The average Bonchev–Trinajstić information content (AvgIpc) is 2.88. The van der Waals surface area contributed by atoms with E-state index in [-0.39, 0.29) is 11.8 Å². The normalized spacial score (nSPS) is 42.2. The van der Waals surface area contributed by atoms with Gasteiger partial charge in [0.1, 0.15) is 0 Å². The lowest BCUT2D eigenvalue weighted by molar-refractivity contribution is -0.164. The molecule has 0 saturated heterocycles. The van der Waals surface area contributed by atoms with Crippen molar-refractivity contribution < 1.29 is 19.8 Å². The molecule has 3 aliphatic rings. The van der Waals surface area contributed by atoms with Gasteiger partial charge in [-0.15, -0.1) is 0 Å². The summed E-state index contributed by atoms with van der Waals surface area (Å²) >= 11 is 0. The highest BCUT2D eigenvalue weighted by atomic mass is 16.4. The summed E-state index contributed by atoms with van der Waals surface area (Å²) in [4.78, 5) is 22.5. The molecule has 3 aliphatic carbocycles. The first-order chi connectivity index (χ1) is 7.54. The van der Waals surface area contributed by atoms with Crippen molar-refractivity contribution in [1.29, 1.82) is 0 Å². The largest absolute Gasteiger partial charge is 0.480 e. The zero-order valence-corrected chi connectivity index (χ0v) is 8.80. The van der Waals surface area contributed by atoms with Crippen molar-refractivity contribution in [2.45, 2.75) is 19.3 Å². The summed E-state index contributed by atoms with van der Waals surface area (Å²) in [6.45, 7) is 0. The first-order valence-electron chi connectivity index (χ1n) is 5.70. The van der Waals surface area contributed by atoms with Crippen LogP contribution in [-0.4, -0.2) is 22.2 Å². The van der Waals surface area contributed by atoms with Crippen LogP contribution in [0.4, 0.5) is 0 Å². The van der Waals surface area contributed by atoms with Crippen molar-refractivity contribution in [2.75, 3.05) is 0 Å². The smallest absolute Gasteiger partial charge is 0.321 e. The van der Waals surface area contributed by atoms with E-state index >= 15 is 0 Å². The van der Waals surface area contributed by atoms with Crippen LogP contribution in [0.1, 0.15) is 19.3 Å². The summed E-state index contributed by atoms with van der Waals surface area (Å²) in [5, 5.41) is 18.4. The molecule has 0 aromatic carbocycles. The molecule has 0 spiro atoms. The molecule has 0 unspecified atom stereocenters. The van der Waals surface area contributed by atoms with Crippen LogP contribution in [0.25, 0.3) is 0 Å². The zero-order chi connectivity index (χ0) is 11.5. The second-order valence-electron chi connectivity index (χ2n) is 5.38. The van der Waals surface area contributed by atoms with Gasteiger partial charge in [0.25, 0.3) is 0 Å². The van der Waals surface area contributed by atoms with E-state index < -0.39 is 17.4 Å². The van der Waals surface area contributed by atoms with Crippen molar-refractivity contribution in [3.8, 4) is 0 Å². The van der Waals surface area contributed by atoms with Gasteiger partial charge in [0.05, 0.1) is 0 Å². The van der Waals surface area contributed by atoms with E-state index in [0.29, 0.717) is 24.7 Å². The Morgan fingerprint density at radius 1 is 1.00 bits per heavy atom. The number of fused-ring (bicyclic) bond motifs is 5. The Morgan fingerprint density at radius 3 is 1.81 bits per heavy atom. The highest BCUT2D eigenvalue weighted by Gasteiger charge is 2.61. The van der Waals surface area contributed by atoms with Crippen LogP contribution >= 0.6 is 0 Å². The quantitative estimate of drug-likeness (QED) is 0.546. The Kier molecular flexibility index (Phi) is 1.77. The number of hydrogen-bond acceptors (Lipinski definition) is 2. The molecular formula is C12H14O4. The molecule has 2 N–H and O–H groups in total. The lowest BCUT2D eigenvalue weighted by atomic mass is 9.82. The fraction of sp³-hybridized carbons (Fsp3) is 0.667. The third-order valence-electron chi connectivity index (χ3n) is 4.79. The van der Waals surface area contributed by atoms with Gasteiger partial charge in [-0.2, -0.15) is 0 Å². The predicted octanol–water partition coefficient (Wildman–Crippen LogP) is 1.37. The van der Waals surface area contributed by atoms with Crippen LogP contribution in [0.5, 0.6) is 0 Å². The second-order valence-corrected chi connectivity index (χ2v) is 5.38. The van der Waals surface area contributed by atoms with Gasteiger partial charge in [0.2, 0.25) is 0 Å². The Bertz CT molecular complexity index is 362. The van der Waals surface area contributed by atoms with Crippen LogP contribution in [0.3, 0.4) is 0 Å². The Hall–Kier alpha value is -1.32. The number of carbonyl (C=O) groups is 2. The predicted molar refractivity (Wildman–Crippen MR) is 54.7 cm³/mol. The van der Waals surface area contributed by atoms with Gasteiger partial charge in [0, 0.05) is 0 Å². The molecule has 0 aromatic heterocycles. The maximum atomic E-state index is 11.2. The summed E-state index contributed by atoms with van der Waals surface area (Å²) in [5.74, 6) is -0.904. The molecule has 0 heterocycles. The maximum absolute atomic E-state index is 11.2. The van der Waals surface area contributed by atoms with E-state index in [9.17, 15) is 19.8 Å². The number of aliphatic carboxylic acids is 2. The van der Waals surface area contributed by atoms with Crippen molar-refractivity contribution in [2.24, 2.45) is 29.1 Å². The van der Waals surface area contributed by atoms with Crippen molar-refractivity contribution in [3.05, 3.63) is 12.2 Å². The number of rotatable bonds is 2. The van der Waals surface area contributed by atoms with Crippen LogP contribution in [0, 0.1) is 29.1 Å². The molecule has 0 radical (unpaired) electrons. The van der Waals surface area contributed by atoms with Gasteiger partial charge in [-0.25, -0.2) is 0 Å². The molecule has 16 heavy (non-hydrogen) atoms. The summed E-state index contributed by atoms with van der Waals surface area (Å²) in [6.07, 6.45) is 6.02. The minimum atomic E-state index is -1.52. The van der Waals surface area contributed by atoms with Crippen LogP contribution in [-0.2, 0) is 9.59 Å². The molecule has 2 fully saturated rings. The topological polar surface area (TPSA) is 74.6 Å². The SMILES string of the molecule is O=C(O)C1(C(=O)O)C[C@H]2[C@H](C1)[C@@H]1C=C[C@@H]2C1. The Balaban J connectivity index is 1.94. The van der Waals surface area contributed by atoms with E-state index in [0.717, 1.165) is 6.42 Å². The molecular weight excluding hydrogens is 208 g/mol. The molecule has 4 nitrogen and oxygen atoms in total. The molecule has 2 saturated carbocycles. The second kappa shape index (κ2) is 2.87. The number of allylic oxidation sites excluding steroid dienone is 2. The number of carboxylic acids is 2. The van der Waals surface area contributed by atoms with E-state index in [4.69, 9.17) is 0 Å². The first-order valence-corrected chi connectivity index (χ1v) is 5.70. The van der Waals surface area contributed by atoms with E-state index in [1.807, 2.05) is 0 Å². The molecule has 86 valence electrons. The van der Waals surface area contributed by atoms with Gasteiger partial charge in [-0.1, -0.05) is 12.2 Å². The lowest BCUT2D eigenvalue weighted by Crippen LogP contribution is -2.37. The molecule has 2 bridgehead atoms.